The van der Waals surface area contributed by atoms with Gasteiger partial charge in [0.05, 0.1) is 25.4 Å². The lowest BCUT2D eigenvalue weighted by Gasteiger charge is -2.40. The molecule has 61 heavy (non-hydrogen) atoms. The van der Waals surface area contributed by atoms with Crippen LogP contribution in [0.5, 0.6) is 0 Å². The number of amides is 1. The Morgan fingerprint density at radius 1 is 0.508 bits per heavy atom. The second-order valence-corrected chi connectivity index (χ2v) is 18.8. The Kier molecular flexibility index (Phi) is 39.9. The van der Waals surface area contributed by atoms with E-state index in [9.17, 15) is 35.4 Å². The van der Waals surface area contributed by atoms with E-state index in [0.29, 0.717) is 6.42 Å². The molecule has 364 valence electrons. The van der Waals surface area contributed by atoms with Crippen LogP contribution < -0.4 is 5.32 Å². The molecule has 10 nitrogen and oxygen atoms in total. The molecule has 0 bridgehead atoms. The predicted octanol–water partition coefficient (Wildman–Crippen LogP) is 10.9. The van der Waals surface area contributed by atoms with Gasteiger partial charge in [-0.25, -0.2) is 0 Å². The van der Waals surface area contributed by atoms with Gasteiger partial charge < -0.3 is 45.4 Å². The Morgan fingerprint density at radius 2 is 0.852 bits per heavy atom. The lowest BCUT2D eigenvalue weighted by molar-refractivity contribution is -0.303. The molecule has 0 saturated carbocycles. The fraction of sp³-hybridized carbons (Fsp3) is 0.980. The lowest BCUT2D eigenvalue weighted by Crippen LogP contribution is -2.60. The molecule has 1 aliphatic heterocycles. The van der Waals surface area contributed by atoms with Gasteiger partial charge in [-0.2, -0.15) is 0 Å². The van der Waals surface area contributed by atoms with Gasteiger partial charge >= 0.3 is 0 Å². The third-order valence-corrected chi connectivity index (χ3v) is 13.1. The first-order valence-electron chi connectivity index (χ1n) is 26.3. The van der Waals surface area contributed by atoms with Crippen molar-refractivity contribution < 1.29 is 44.9 Å². The van der Waals surface area contributed by atoms with Gasteiger partial charge in [0.1, 0.15) is 30.5 Å². The van der Waals surface area contributed by atoms with Gasteiger partial charge in [-0.05, 0) is 12.8 Å². The van der Waals surface area contributed by atoms with Crippen molar-refractivity contribution >= 4 is 5.91 Å². The van der Waals surface area contributed by atoms with Crippen molar-refractivity contribution in [2.24, 2.45) is 0 Å². The van der Waals surface area contributed by atoms with Crippen LogP contribution in [0.2, 0.25) is 0 Å². The highest BCUT2D eigenvalue weighted by atomic mass is 16.7. The maximum absolute atomic E-state index is 13.1. The molecule has 7 N–H and O–H groups in total. The van der Waals surface area contributed by atoms with Crippen LogP contribution in [-0.4, -0.2) is 98.7 Å². The summed E-state index contributed by atoms with van der Waals surface area (Å²) in [6, 6.07) is -0.985. The first-order chi connectivity index (χ1) is 29.8. The van der Waals surface area contributed by atoms with Gasteiger partial charge in [0, 0.05) is 6.42 Å². The minimum absolute atomic E-state index is 0.251. The molecule has 1 rings (SSSR count). The van der Waals surface area contributed by atoms with Crippen LogP contribution in [0.1, 0.15) is 258 Å². The molecule has 1 fully saturated rings. The van der Waals surface area contributed by atoms with Crippen LogP contribution in [0.3, 0.4) is 0 Å². The summed E-state index contributed by atoms with van der Waals surface area (Å²) in [6.07, 6.45) is 36.8. The second kappa shape index (κ2) is 41.8. The average Bonchev–Trinajstić information content (AvgIpc) is 3.26. The fourth-order valence-electron chi connectivity index (χ4n) is 8.79. The summed E-state index contributed by atoms with van der Waals surface area (Å²) < 4.78 is 11.2. The maximum atomic E-state index is 13.1. The van der Waals surface area contributed by atoms with E-state index in [0.717, 1.165) is 38.5 Å². The van der Waals surface area contributed by atoms with Gasteiger partial charge in [0.15, 0.2) is 6.29 Å². The lowest BCUT2D eigenvalue weighted by atomic mass is 9.98. The van der Waals surface area contributed by atoms with Crippen LogP contribution in [-0.2, 0) is 14.3 Å². The van der Waals surface area contributed by atoms with Crippen molar-refractivity contribution in [3.63, 3.8) is 0 Å². The number of nitrogens with one attached hydrogen (secondary N) is 1. The predicted molar refractivity (Wildman–Crippen MR) is 250 cm³/mol. The van der Waals surface area contributed by atoms with Crippen molar-refractivity contribution in [3.05, 3.63) is 0 Å². The van der Waals surface area contributed by atoms with E-state index in [1.54, 1.807) is 0 Å². The number of carbonyl (C=O) groups is 1. The largest absolute Gasteiger partial charge is 0.394 e. The number of carbonyl (C=O) groups excluding carboxylic acids is 1. The SMILES string of the molecule is CCCCCCCCCCCCCCCCCCCCCCC(=O)N[C@@H](CO[C@@H]1O[C@H](CO)[C@@H](O)C(O)C1O)[C@H](O)[C@H](O)CCCCCCCCCCCCCCCCCC. The Morgan fingerprint density at radius 3 is 1.21 bits per heavy atom. The normalized spacial score (nSPS) is 20.8. The molecule has 0 aromatic carbocycles. The number of rotatable bonds is 45. The van der Waals surface area contributed by atoms with Gasteiger partial charge in [0.2, 0.25) is 5.91 Å². The van der Waals surface area contributed by atoms with Crippen LogP contribution in [0, 0.1) is 0 Å². The third-order valence-electron chi connectivity index (χ3n) is 13.1. The highest BCUT2D eigenvalue weighted by Gasteiger charge is 2.44. The number of aliphatic hydroxyl groups is 6. The smallest absolute Gasteiger partial charge is 0.220 e. The zero-order valence-electron chi connectivity index (χ0n) is 39.8. The van der Waals surface area contributed by atoms with E-state index in [-0.39, 0.29) is 18.9 Å². The summed E-state index contributed by atoms with van der Waals surface area (Å²) in [6.45, 7) is 3.64. The molecule has 1 amide bonds. The second-order valence-electron chi connectivity index (χ2n) is 18.8. The number of aliphatic hydroxyl groups excluding tert-OH is 6. The Hall–Kier alpha value is -0.850. The molecular formula is C51H101NO9. The molecule has 0 radical (unpaired) electrons. The van der Waals surface area contributed by atoms with Gasteiger partial charge in [-0.1, -0.05) is 239 Å². The van der Waals surface area contributed by atoms with Crippen molar-refractivity contribution in [1.29, 1.82) is 0 Å². The van der Waals surface area contributed by atoms with E-state index >= 15 is 0 Å². The summed E-state index contributed by atoms with van der Waals surface area (Å²) >= 11 is 0. The number of ether oxygens (including phenoxy) is 2. The summed E-state index contributed by atoms with van der Waals surface area (Å²) in [5.74, 6) is -0.251. The minimum Gasteiger partial charge on any atom is -0.394 e. The summed E-state index contributed by atoms with van der Waals surface area (Å²) in [5, 5.41) is 65.4. The molecular weight excluding hydrogens is 771 g/mol. The molecule has 0 aromatic heterocycles. The standard InChI is InChI=1S/C51H101NO9/c1-3-5-7-9-11-13-15-17-19-21-22-23-24-26-28-30-32-34-36-38-40-46(55)52-43(42-60-51-50(59)49(58)48(57)45(41-53)61-51)47(56)44(54)39-37-35-33-31-29-27-25-20-18-16-14-12-10-8-6-4-2/h43-45,47-51,53-54,56-59H,3-42H2,1-2H3,(H,52,55)/t43-,44+,45+,47-,48+,49?,50?,51+/m0/s1. The average molecular weight is 872 g/mol. The Labute approximate surface area is 375 Å². The van der Waals surface area contributed by atoms with Crippen molar-refractivity contribution in [3.8, 4) is 0 Å². The first kappa shape index (κ1) is 58.2. The molecule has 2 unspecified atom stereocenters. The van der Waals surface area contributed by atoms with Gasteiger partial charge in [0.25, 0.3) is 0 Å². The van der Waals surface area contributed by atoms with Crippen molar-refractivity contribution in [2.75, 3.05) is 13.2 Å². The number of hydrogen-bond acceptors (Lipinski definition) is 9. The molecule has 0 aliphatic carbocycles. The molecule has 10 heteroatoms. The fourth-order valence-corrected chi connectivity index (χ4v) is 8.79. The highest BCUT2D eigenvalue weighted by molar-refractivity contribution is 5.76. The van der Waals surface area contributed by atoms with Crippen molar-refractivity contribution in [1.82, 2.24) is 5.32 Å². The summed E-state index contributed by atoms with van der Waals surface area (Å²) in [5.41, 5.74) is 0. The summed E-state index contributed by atoms with van der Waals surface area (Å²) in [4.78, 5) is 13.1. The number of unbranched alkanes of at least 4 members (excludes halogenated alkanes) is 34. The highest BCUT2D eigenvalue weighted by Crippen LogP contribution is 2.23. The topological polar surface area (TPSA) is 169 Å². The molecule has 8 atom stereocenters. The Balaban J connectivity index is 2.30. The minimum atomic E-state index is -1.60. The van der Waals surface area contributed by atoms with Crippen LogP contribution in [0.15, 0.2) is 0 Å². The van der Waals surface area contributed by atoms with Gasteiger partial charge in [-0.3, -0.25) is 4.79 Å². The first-order valence-corrected chi connectivity index (χ1v) is 26.3. The zero-order chi connectivity index (χ0) is 44.6. The molecule has 1 aliphatic rings. The van der Waals surface area contributed by atoms with Crippen LogP contribution in [0.25, 0.3) is 0 Å². The monoisotopic (exact) mass is 872 g/mol. The quantitative estimate of drug-likeness (QED) is 0.0295. The van der Waals surface area contributed by atoms with E-state index in [2.05, 4.69) is 19.2 Å². The van der Waals surface area contributed by atoms with Crippen LogP contribution >= 0.6 is 0 Å². The summed E-state index contributed by atoms with van der Waals surface area (Å²) in [7, 11) is 0. The molecule has 1 saturated heterocycles. The van der Waals surface area contributed by atoms with Gasteiger partial charge in [-0.15, -0.1) is 0 Å². The third kappa shape index (κ3) is 31.6. The number of hydrogen-bond donors (Lipinski definition) is 7. The van der Waals surface area contributed by atoms with E-state index in [1.165, 1.54) is 193 Å². The van der Waals surface area contributed by atoms with E-state index in [1.807, 2.05) is 0 Å². The molecule has 0 aromatic rings. The molecule has 0 spiro atoms. The maximum Gasteiger partial charge on any atom is 0.220 e. The van der Waals surface area contributed by atoms with E-state index < -0.39 is 55.6 Å². The Bertz CT molecular complexity index is 942. The van der Waals surface area contributed by atoms with E-state index in [4.69, 9.17) is 9.47 Å². The van der Waals surface area contributed by atoms with Crippen molar-refractivity contribution in [2.45, 2.75) is 307 Å². The van der Waals surface area contributed by atoms with Crippen LogP contribution in [0.4, 0.5) is 0 Å². The zero-order valence-corrected chi connectivity index (χ0v) is 39.8. The molecule has 1 heterocycles.